The molecular weight excluding hydrogens is 297 g/mol. The highest BCUT2D eigenvalue weighted by Gasteiger charge is 2.58. The van der Waals surface area contributed by atoms with Crippen LogP contribution in [0.4, 0.5) is 10.1 Å². The largest absolute Gasteiger partial charge is 0.336 e. The summed E-state index contributed by atoms with van der Waals surface area (Å²) in [5.74, 6) is -0.623. The predicted molar refractivity (Wildman–Crippen MR) is 85.3 cm³/mol. The van der Waals surface area contributed by atoms with Gasteiger partial charge in [-0.15, -0.1) is 0 Å². The van der Waals surface area contributed by atoms with Crippen molar-refractivity contribution in [2.45, 2.75) is 19.3 Å². The van der Waals surface area contributed by atoms with Crippen LogP contribution < -0.4 is 10.6 Å². The zero-order valence-electron chi connectivity index (χ0n) is 13.3. The molecule has 2 fully saturated rings. The first-order valence-corrected chi connectivity index (χ1v) is 8.01. The number of halogens is 1. The average Bonchev–Trinajstić information content (AvgIpc) is 3.20. The van der Waals surface area contributed by atoms with Gasteiger partial charge in [-0.05, 0) is 56.0 Å². The minimum atomic E-state index is -0.405. The maximum absolute atomic E-state index is 13.1. The lowest BCUT2D eigenvalue weighted by Crippen LogP contribution is -2.38. The first-order valence-electron chi connectivity index (χ1n) is 8.01. The standard InChI is InChI=1S/C17H22FN3O2/c1-21(11-15(22)20-13-4-2-3-12(18)9-13)16(23)14-10-17(14)5-7-19-8-6-17/h2-4,9,14,19H,5-8,10-11H2,1H3,(H,20,22). The third-order valence-corrected chi connectivity index (χ3v) is 4.95. The zero-order valence-corrected chi connectivity index (χ0v) is 13.3. The van der Waals surface area contributed by atoms with E-state index < -0.39 is 5.82 Å². The molecule has 1 spiro atoms. The molecule has 124 valence electrons. The molecule has 3 rings (SSSR count). The maximum atomic E-state index is 13.1. The van der Waals surface area contributed by atoms with Crippen molar-refractivity contribution in [1.82, 2.24) is 10.2 Å². The van der Waals surface area contributed by atoms with Gasteiger partial charge in [-0.1, -0.05) is 6.07 Å². The van der Waals surface area contributed by atoms with E-state index in [4.69, 9.17) is 0 Å². The second-order valence-electron chi connectivity index (χ2n) is 6.62. The molecule has 1 unspecified atom stereocenters. The number of rotatable bonds is 4. The average molecular weight is 319 g/mol. The highest BCUT2D eigenvalue weighted by Crippen LogP contribution is 2.59. The van der Waals surface area contributed by atoms with Gasteiger partial charge in [-0.2, -0.15) is 0 Å². The third kappa shape index (κ3) is 3.52. The molecule has 1 aliphatic heterocycles. The summed E-state index contributed by atoms with van der Waals surface area (Å²) in [6.45, 7) is 1.92. The van der Waals surface area contributed by atoms with Crippen LogP contribution in [0.2, 0.25) is 0 Å². The molecule has 1 aromatic carbocycles. The lowest BCUT2D eigenvalue weighted by Gasteiger charge is -2.25. The van der Waals surface area contributed by atoms with Crippen molar-refractivity contribution in [3.8, 4) is 0 Å². The Bertz CT molecular complexity index is 614. The van der Waals surface area contributed by atoms with Gasteiger partial charge in [-0.3, -0.25) is 9.59 Å². The number of hydrogen-bond acceptors (Lipinski definition) is 3. The van der Waals surface area contributed by atoms with Crippen molar-refractivity contribution in [2.24, 2.45) is 11.3 Å². The Labute approximate surface area is 135 Å². The van der Waals surface area contributed by atoms with E-state index in [0.29, 0.717) is 5.69 Å². The molecule has 1 aliphatic carbocycles. The van der Waals surface area contributed by atoms with Gasteiger partial charge < -0.3 is 15.5 Å². The van der Waals surface area contributed by atoms with Crippen LogP contribution in [0.3, 0.4) is 0 Å². The predicted octanol–water partition coefficient (Wildman–Crippen LogP) is 1.61. The SMILES string of the molecule is CN(CC(=O)Nc1cccc(F)c1)C(=O)C1CC12CCNCC2. The Kier molecular flexibility index (Phi) is 4.35. The van der Waals surface area contributed by atoms with E-state index in [1.165, 1.54) is 23.1 Å². The molecule has 0 bridgehead atoms. The number of carbonyl (C=O) groups excluding carboxylic acids is 2. The summed E-state index contributed by atoms with van der Waals surface area (Å²) >= 11 is 0. The van der Waals surface area contributed by atoms with E-state index in [1.807, 2.05) is 0 Å². The quantitative estimate of drug-likeness (QED) is 0.886. The van der Waals surface area contributed by atoms with E-state index in [-0.39, 0.29) is 29.7 Å². The van der Waals surface area contributed by atoms with Crippen LogP contribution in [0.1, 0.15) is 19.3 Å². The molecule has 2 aliphatic rings. The van der Waals surface area contributed by atoms with E-state index in [0.717, 1.165) is 32.4 Å². The highest BCUT2D eigenvalue weighted by atomic mass is 19.1. The van der Waals surface area contributed by atoms with Crippen molar-refractivity contribution in [1.29, 1.82) is 0 Å². The zero-order chi connectivity index (χ0) is 16.4. The monoisotopic (exact) mass is 319 g/mol. The number of likely N-dealkylation sites (N-methyl/N-ethyl adjacent to an activating group) is 1. The molecule has 0 radical (unpaired) electrons. The fourth-order valence-corrected chi connectivity index (χ4v) is 3.50. The summed E-state index contributed by atoms with van der Waals surface area (Å²) in [6, 6.07) is 5.72. The molecular formula is C17H22FN3O2. The molecule has 6 heteroatoms. The highest BCUT2D eigenvalue weighted by molar-refractivity contribution is 5.95. The van der Waals surface area contributed by atoms with Crippen molar-refractivity contribution in [3.05, 3.63) is 30.1 Å². The summed E-state index contributed by atoms with van der Waals surface area (Å²) in [4.78, 5) is 26.0. The van der Waals surface area contributed by atoms with Crippen LogP contribution in [0.15, 0.2) is 24.3 Å². The Morgan fingerprint density at radius 1 is 1.39 bits per heavy atom. The first kappa shape index (κ1) is 15.9. The molecule has 1 aromatic rings. The number of amides is 2. The third-order valence-electron chi connectivity index (χ3n) is 4.95. The smallest absolute Gasteiger partial charge is 0.243 e. The van der Waals surface area contributed by atoms with Crippen LogP contribution in [0, 0.1) is 17.2 Å². The Morgan fingerprint density at radius 3 is 2.83 bits per heavy atom. The molecule has 0 aromatic heterocycles. The normalized spacial score (nSPS) is 21.7. The fourth-order valence-electron chi connectivity index (χ4n) is 3.50. The molecule has 5 nitrogen and oxygen atoms in total. The van der Waals surface area contributed by atoms with E-state index in [2.05, 4.69) is 10.6 Å². The van der Waals surface area contributed by atoms with Crippen molar-refractivity contribution >= 4 is 17.5 Å². The minimum Gasteiger partial charge on any atom is -0.336 e. The van der Waals surface area contributed by atoms with Gasteiger partial charge in [0, 0.05) is 18.7 Å². The summed E-state index contributed by atoms with van der Waals surface area (Å²) < 4.78 is 13.1. The van der Waals surface area contributed by atoms with Gasteiger partial charge >= 0.3 is 0 Å². The number of nitrogens with zero attached hydrogens (tertiary/aromatic N) is 1. The lowest BCUT2D eigenvalue weighted by molar-refractivity contribution is -0.135. The van der Waals surface area contributed by atoms with Crippen LogP contribution >= 0.6 is 0 Å². The second kappa shape index (κ2) is 6.28. The molecule has 1 heterocycles. The summed E-state index contributed by atoms with van der Waals surface area (Å²) in [7, 11) is 1.65. The van der Waals surface area contributed by atoms with Crippen LogP contribution in [0.5, 0.6) is 0 Å². The summed E-state index contributed by atoms with van der Waals surface area (Å²) in [5.41, 5.74) is 0.562. The number of piperidine rings is 1. The van der Waals surface area contributed by atoms with Crippen molar-refractivity contribution in [3.63, 3.8) is 0 Å². The number of benzene rings is 1. The van der Waals surface area contributed by atoms with E-state index in [1.54, 1.807) is 13.1 Å². The van der Waals surface area contributed by atoms with Crippen LogP contribution in [-0.2, 0) is 9.59 Å². The molecule has 1 saturated carbocycles. The van der Waals surface area contributed by atoms with Gasteiger partial charge in [0.1, 0.15) is 5.82 Å². The van der Waals surface area contributed by atoms with Gasteiger partial charge in [0.15, 0.2) is 0 Å². The number of anilines is 1. The number of nitrogens with one attached hydrogen (secondary N) is 2. The molecule has 1 atom stereocenters. The summed E-state index contributed by atoms with van der Waals surface area (Å²) in [6.07, 6.45) is 3.00. The summed E-state index contributed by atoms with van der Waals surface area (Å²) in [5, 5.41) is 5.93. The van der Waals surface area contributed by atoms with Gasteiger partial charge in [0.05, 0.1) is 6.54 Å². The second-order valence-corrected chi connectivity index (χ2v) is 6.62. The van der Waals surface area contributed by atoms with Crippen molar-refractivity contribution in [2.75, 3.05) is 32.0 Å². The Balaban J connectivity index is 1.51. The van der Waals surface area contributed by atoms with Crippen molar-refractivity contribution < 1.29 is 14.0 Å². The molecule has 23 heavy (non-hydrogen) atoms. The first-order chi connectivity index (χ1) is 11.0. The number of carbonyl (C=O) groups is 2. The minimum absolute atomic E-state index is 0.0137. The van der Waals surface area contributed by atoms with Gasteiger partial charge in [0.25, 0.3) is 0 Å². The number of hydrogen-bond donors (Lipinski definition) is 2. The maximum Gasteiger partial charge on any atom is 0.243 e. The van der Waals surface area contributed by atoms with Crippen LogP contribution in [-0.4, -0.2) is 43.4 Å². The Hall–Kier alpha value is -1.95. The van der Waals surface area contributed by atoms with E-state index >= 15 is 0 Å². The topological polar surface area (TPSA) is 61.4 Å². The van der Waals surface area contributed by atoms with Crippen LogP contribution in [0.25, 0.3) is 0 Å². The molecule has 2 amide bonds. The molecule has 2 N–H and O–H groups in total. The van der Waals surface area contributed by atoms with Gasteiger partial charge in [0.2, 0.25) is 11.8 Å². The molecule has 1 saturated heterocycles. The Morgan fingerprint density at radius 2 is 2.13 bits per heavy atom. The van der Waals surface area contributed by atoms with Gasteiger partial charge in [-0.25, -0.2) is 4.39 Å². The van der Waals surface area contributed by atoms with E-state index in [9.17, 15) is 14.0 Å². The lowest BCUT2D eigenvalue weighted by atomic mass is 9.91. The fraction of sp³-hybridized carbons (Fsp3) is 0.529.